The average molecular weight is 348 g/mol. The maximum atomic E-state index is 12.2. The molecular formula is C17H20N2O6. The van der Waals surface area contributed by atoms with Crippen LogP contribution in [0.2, 0.25) is 0 Å². The fourth-order valence-electron chi connectivity index (χ4n) is 2.34. The lowest BCUT2D eigenvalue weighted by Gasteiger charge is -2.08. The van der Waals surface area contributed by atoms with Gasteiger partial charge in [-0.2, -0.15) is 0 Å². The number of imide groups is 1. The number of ether oxygens (including phenoxy) is 2. The zero-order chi connectivity index (χ0) is 18.4. The van der Waals surface area contributed by atoms with Crippen molar-refractivity contribution in [2.75, 3.05) is 13.2 Å². The van der Waals surface area contributed by atoms with Crippen LogP contribution in [-0.2, 0) is 20.8 Å². The molecule has 1 N–H and O–H groups in total. The molecule has 0 unspecified atom stereocenters. The third kappa shape index (κ3) is 4.72. The summed E-state index contributed by atoms with van der Waals surface area (Å²) in [6, 6.07) is 5.32. The predicted octanol–water partition coefficient (Wildman–Crippen LogP) is 2.18. The first-order chi connectivity index (χ1) is 11.9. The summed E-state index contributed by atoms with van der Waals surface area (Å²) in [4.78, 5) is 34.8. The predicted molar refractivity (Wildman–Crippen MR) is 87.2 cm³/mol. The van der Waals surface area contributed by atoms with Crippen LogP contribution in [0.25, 0.3) is 0 Å². The average Bonchev–Trinajstić information content (AvgIpc) is 3.16. The Kier molecular flexibility index (Phi) is 5.99. The van der Waals surface area contributed by atoms with Gasteiger partial charge in [-0.15, -0.1) is 0 Å². The van der Waals surface area contributed by atoms with Gasteiger partial charge >= 0.3 is 12.1 Å². The van der Waals surface area contributed by atoms with Gasteiger partial charge in [-0.05, 0) is 39.0 Å². The molecular weight excluding hydrogens is 328 g/mol. The maximum Gasteiger partial charge on any atom is 0.413 e. The smallest absolute Gasteiger partial charge is 0.413 e. The van der Waals surface area contributed by atoms with E-state index in [0.717, 1.165) is 11.5 Å². The Morgan fingerprint density at radius 2 is 2.00 bits per heavy atom. The van der Waals surface area contributed by atoms with Crippen molar-refractivity contribution in [2.45, 2.75) is 27.3 Å². The van der Waals surface area contributed by atoms with Crippen LogP contribution in [0.3, 0.4) is 0 Å². The molecule has 0 bridgehead atoms. The molecule has 134 valence electrons. The van der Waals surface area contributed by atoms with Crippen molar-refractivity contribution in [1.29, 1.82) is 0 Å². The van der Waals surface area contributed by atoms with E-state index in [2.05, 4.69) is 4.74 Å². The fourth-order valence-corrected chi connectivity index (χ4v) is 2.34. The number of carbonyl (C=O) groups is 3. The molecule has 8 nitrogen and oxygen atoms in total. The summed E-state index contributed by atoms with van der Waals surface area (Å²) >= 11 is 0. The van der Waals surface area contributed by atoms with Crippen LogP contribution in [-0.4, -0.2) is 35.8 Å². The second kappa shape index (κ2) is 8.18. The zero-order valence-electron chi connectivity index (χ0n) is 14.3. The van der Waals surface area contributed by atoms with Gasteiger partial charge in [0, 0.05) is 11.4 Å². The molecule has 25 heavy (non-hydrogen) atoms. The monoisotopic (exact) mass is 348 g/mol. The second-order valence-electron chi connectivity index (χ2n) is 5.30. The van der Waals surface area contributed by atoms with Gasteiger partial charge in [-0.1, -0.05) is 0 Å². The number of nitrogens with one attached hydrogen (secondary N) is 1. The summed E-state index contributed by atoms with van der Waals surface area (Å²) in [5.41, 5.74) is 1.91. The lowest BCUT2D eigenvalue weighted by Crippen LogP contribution is -2.34. The molecule has 0 aromatic carbocycles. The topological polar surface area (TPSA) is 99.8 Å². The van der Waals surface area contributed by atoms with E-state index >= 15 is 0 Å². The largest absolute Gasteiger partial charge is 0.467 e. The van der Waals surface area contributed by atoms with Gasteiger partial charge in [-0.25, -0.2) is 9.59 Å². The van der Waals surface area contributed by atoms with Gasteiger partial charge in [0.1, 0.15) is 5.76 Å². The van der Waals surface area contributed by atoms with Crippen LogP contribution in [0, 0.1) is 13.8 Å². The number of carbonyl (C=O) groups excluding carboxylic acids is 3. The molecule has 0 aliphatic rings. The van der Waals surface area contributed by atoms with Crippen molar-refractivity contribution in [1.82, 2.24) is 9.88 Å². The number of aromatic nitrogens is 1. The van der Waals surface area contributed by atoms with Gasteiger partial charge in [0.2, 0.25) is 0 Å². The minimum absolute atomic E-state index is 0.139. The molecule has 2 aromatic rings. The molecule has 0 atom stereocenters. The van der Waals surface area contributed by atoms with E-state index in [0.29, 0.717) is 17.8 Å². The van der Waals surface area contributed by atoms with E-state index in [1.165, 1.54) is 0 Å². The molecule has 2 amide bonds. The maximum absolute atomic E-state index is 12.2. The van der Waals surface area contributed by atoms with Crippen LogP contribution >= 0.6 is 0 Å². The number of amides is 2. The standard InChI is InChI=1S/C17H20N2O6/c1-4-23-17(22)18-15(20)10-25-16(21)14-8-11(2)19(12(14)3)9-13-6-5-7-24-13/h5-8H,4,9-10H2,1-3H3,(H,18,20,22). The molecule has 2 heterocycles. The first-order valence-corrected chi connectivity index (χ1v) is 7.75. The Hall–Kier alpha value is -3.03. The SMILES string of the molecule is CCOC(=O)NC(=O)COC(=O)c1cc(C)n(Cc2ccco2)c1C. The molecule has 0 aliphatic carbocycles. The lowest BCUT2D eigenvalue weighted by atomic mass is 10.2. The number of nitrogens with zero attached hydrogens (tertiary/aromatic N) is 1. The summed E-state index contributed by atoms with van der Waals surface area (Å²) in [6.45, 7) is 5.31. The third-order valence-electron chi connectivity index (χ3n) is 3.54. The first kappa shape index (κ1) is 18.3. The Bertz CT molecular complexity index is 760. The van der Waals surface area contributed by atoms with Crippen molar-refractivity contribution in [2.24, 2.45) is 0 Å². The Morgan fingerprint density at radius 3 is 2.64 bits per heavy atom. The summed E-state index contributed by atoms with van der Waals surface area (Å²) < 4.78 is 16.8. The van der Waals surface area contributed by atoms with Crippen molar-refractivity contribution < 1.29 is 28.3 Å². The van der Waals surface area contributed by atoms with E-state index in [9.17, 15) is 14.4 Å². The van der Waals surface area contributed by atoms with E-state index < -0.39 is 24.6 Å². The second-order valence-corrected chi connectivity index (χ2v) is 5.30. The highest BCUT2D eigenvalue weighted by Crippen LogP contribution is 2.18. The number of hydrogen-bond acceptors (Lipinski definition) is 6. The number of aryl methyl sites for hydroxylation is 1. The number of hydrogen-bond donors (Lipinski definition) is 1. The first-order valence-electron chi connectivity index (χ1n) is 7.75. The van der Waals surface area contributed by atoms with Crippen molar-refractivity contribution in [3.05, 3.63) is 47.2 Å². The number of esters is 1. The Labute approximate surface area is 144 Å². The van der Waals surface area contributed by atoms with Gasteiger partial charge in [0.05, 0.1) is 25.0 Å². The van der Waals surface area contributed by atoms with Gasteiger partial charge in [0.15, 0.2) is 6.61 Å². The van der Waals surface area contributed by atoms with Crippen LogP contribution in [0.4, 0.5) is 4.79 Å². The lowest BCUT2D eigenvalue weighted by molar-refractivity contribution is -0.123. The van der Waals surface area contributed by atoms with Crippen molar-refractivity contribution in [3.63, 3.8) is 0 Å². The highest BCUT2D eigenvalue weighted by molar-refractivity contribution is 5.96. The molecule has 0 fully saturated rings. The van der Waals surface area contributed by atoms with Crippen LogP contribution in [0.5, 0.6) is 0 Å². The summed E-state index contributed by atoms with van der Waals surface area (Å²) in [5.74, 6) is -0.635. The molecule has 8 heteroatoms. The van der Waals surface area contributed by atoms with E-state index in [4.69, 9.17) is 9.15 Å². The summed E-state index contributed by atoms with van der Waals surface area (Å²) in [6.07, 6.45) is 0.709. The van der Waals surface area contributed by atoms with E-state index in [-0.39, 0.29) is 6.61 Å². The van der Waals surface area contributed by atoms with Crippen LogP contribution in [0.15, 0.2) is 28.9 Å². The summed E-state index contributed by atoms with van der Waals surface area (Å²) in [5, 5.41) is 1.95. The molecule has 0 radical (unpaired) electrons. The quantitative estimate of drug-likeness (QED) is 0.803. The van der Waals surface area contributed by atoms with Gasteiger partial charge < -0.3 is 18.5 Å². The highest BCUT2D eigenvalue weighted by Gasteiger charge is 2.19. The molecule has 2 rings (SSSR count). The van der Waals surface area contributed by atoms with Gasteiger partial charge in [0.25, 0.3) is 5.91 Å². The third-order valence-corrected chi connectivity index (χ3v) is 3.54. The number of alkyl carbamates (subject to hydrolysis) is 1. The molecule has 0 aliphatic heterocycles. The molecule has 0 saturated carbocycles. The number of rotatable bonds is 6. The van der Waals surface area contributed by atoms with Crippen LogP contribution in [0.1, 0.15) is 34.4 Å². The van der Waals surface area contributed by atoms with Crippen LogP contribution < -0.4 is 5.32 Å². The minimum Gasteiger partial charge on any atom is -0.467 e. The van der Waals surface area contributed by atoms with E-state index in [1.54, 1.807) is 32.2 Å². The molecule has 0 saturated heterocycles. The van der Waals surface area contributed by atoms with Crippen molar-refractivity contribution in [3.8, 4) is 0 Å². The normalized spacial score (nSPS) is 10.4. The van der Waals surface area contributed by atoms with Crippen molar-refractivity contribution >= 4 is 18.0 Å². The highest BCUT2D eigenvalue weighted by atomic mass is 16.6. The summed E-state index contributed by atoms with van der Waals surface area (Å²) in [7, 11) is 0. The minimum atomic E-state index is -0.875. The molecule has 0 spiro atoms. The van der Waals surface area contributed by atoms with E-state index in [1.807, 2.05) is 22.9 Å². The van der Waals surface area contributed by atoms with Gasteiger partial charge in [-0.3, -0.25) is 10.1 Å². The zero-order valence-corrected chi connectivity index (χ0v) is 14.3. The molecule has 2 aromatic heterocycles. The Morgan fingerprint density at radius 1 is 1.24 bits per heavy atom. The Balaban J connectivity index is 1.98. The fraction of sp³-hybridized carbons (Fsp3) is 0.353. The number of furan rings is 1.